The fourth-order valence-electron chi connectivity index (χ4n) is 2.56. The van der Waals surface area contributed by atoms with Crippen molar-refractivity contribution in [3.05, 3.63) is 70.0 Å². The van der Waals surface area contributed by atoms with Crippen molar-refractivity contribution in [2.45, 2.75) is 12.8 Å². The summed E-state index contributed by atoms with van der Waals surface area (Å²) in [4.78, 5) is 22.2. The monoisotopic (exact) mass is 367 g/mol. The van der Waals surface area contributed by atoms with Gasteiger partial charge in [0.1, 0.15) is 10.7 Å². The lowest BCUT2D eigenvalue weighted by Gasteiger charge is -2.11. The Labute approximate surface area is 154 Å². The summed E-state index contributed by atoms with van der Waals surface area (Å²) in [6.07, 6.45) is 1.21. The van der Waals surface area contributed by atoms with E-state index in [1.807, 2.05) is 36.4 Å². The summed E-state index contributed by atoms with van der Waals surface area (Å²) in [6, 6.07) is 14.1. The number of benzene rings is 2. The van der Waals surface area contributed by atoms with Gasteiger partial charge in [0, 0.05) is 0 Å². The van der Waals surface area contributed by atoms with Gasteiger partial charge in [0.2, 0.25) is 5.91 Å². The second kappa shape index (κ2) is 7.69. The summed E-state index contributed by atoms with van der Waals surface area (Å²) in [7, 11) is 1.61. The van der Waals surface area contributed by atoms with Crippen molar-refractivity contribution >= 4 is 28.8 Å². The standard InChI is InChI=1S/C19H17N3O5/c1-12(13-3-4-15-10-16(26-2)6-5-14(15)9-13)19(23)21-20-11-17-7-8-18(27-17)22(24)25/h3-12H,1-2H3,(H,21,23)/b20-11+/t12-/m0/s1. The van der Waals surface area contributed by atoms with Gasteiger partial charge in [-0.15, -0.1) is 0 Å². The average molecular weight is 367 g/mol. The van der Waals surface area contributed by atoms with Crippen LogP contribution in [0, 0.1) is 10.1 Å². The third-order valence-electron chi connectivity index (χ3n) is 4.12. The molecule has 1 aromatic heterocycles. The Balaban J connectivity index is 1.68. The summed E-state index contributed by atoms with van der Waals surface area (Å²) < 4.78 is 10.1. The number of fused-ring (bicyclic) bond motifs is 1. The molecule has 138 valence electrons. The first kappa shape index (κ1) is 18.1. The molecule has 0 spiro atoms. The molecule has 0 aliphatic rings. The first-order valence-corrected chi connectivity index (χ1v) is 8.13. The van der Waals surface area contributed by atoms with E-state index in [0.717, 1.165) is 22.1 Å². The number of nitro groups is 1. The number of rotatable bonds is 6. The van der Waals surface area contributed by atoms with E-state index < -0.39 is 10.8 Å². The van der Waals surface area contributed by atoms with Gasteiger partial charge in [-0.1, -0.05) is 24.3 Å². The molecule has 27 heavy (non-hydrogen) atoms. The van der Waals surface area contributed by atoms with E-state index in [-0.39, 0.29) is 17.6 Å². The maximum atomic E-state index is 12.3. The van der Waals surface area contributed by atoms with Crippen LogP contribution < -0.4 is 10.2 Å². The van der Waals surface area contributed by atoms with E-state index in [9.17, 15) is 14.9 Å². The van der Waals surface area contributed by atoms with E-state index in [0.29, 0.717) is 0 Å². The van der Waals surface area contributed by atoms with Crippen molar-refractivity contribution in [3.8, 4) is 5.75 Å². The molecule has 8 nitrogen and oxygen atoms in total. The maximum Gasteiger partial charge on any atom is 0.433 e. The Bertz CT molecular complexity index is 1030. The lowest BCUT2D eigenvalue weighted by atomic mass is 9.97. The summed E-state index contributed by atoms with van der Waals surface area (Å²) in [5.41, 5.74) is 3.26. The van der Waals surface area contributed by atoms with Crippen LogP contribution >= 0.6 is 0 Å². The van der Waals surface area contributed by atoms with Gasteiger partial charge in [0.25, 0.3) is 0 Å². The number of nitrogens with zero attached hydrogens (tertiary/aromatic N) is 2. The average Bonchev–Trinajstić information content (AvgIpc) is 3.15. The van der Waals surface area contributed by atoms with Crippen LogP contribution in [0.2, 0.25) is 0 Å². The highest BCUT2D eigenvalue weighted by Gasteiger charge is 2.15. The van der Waals surface area contributed by atoms with Crippen LogP contribution in [0.5, 0.6) is 5.75 Å². The van der Waals surface area contributed by atoms with E-state index in [1.165, 1.54) is 18.3 Å². The molecule has 0 radical (unpaired) electrons. The highest BCUT2D eigenvalue weighted by Crippen LogP contribution is 2.25. The first-order valence-electron chi connectivity index (χ1n) is 8.13. The lowest BCUT2D eigenvalue weighted by molar-refractivity contribution is -0.402. The lowest BCUT2D eigenvalue weighted by Crippen LogP contribution is -2.23. The SMILES string of the molecule is COc1ccc2cc([C@H](C)C(=O)N/N=C/c3ccc([N+](=O)[O-])o3)ccc2c1. The smallest absolute Gasteiger partial charge is 0.433 e. The summed E-state index contributed by atoms with van der Waals surface area (Å²) >= 11 is 0. The number of carbonyl (C=O) groups is 1. The van der Waals surface area contributed by atoms with Crippen molar-refractivity contribution in [2.75, 3.05) is 7.11 Å². The summed E-state index contributed by atoms with van der Waals surface area (Å²) in [5, 5.41) is 16.4. The van der Waals surface area contributed by atoms with Gasteiger partial charge in [-0.25, -0.2) is 5.43 Å². The number of amides is 1. The number of hydrazone groups is 1. The second-order valence-electron chi connectivity index (χ2n) is 5.86. The van der Waals surface area contributed by atoms with Crippen LogP contribution in [-0.2, 0) is 4.79 Å². The molecule has 0 saturated carbocycles. The molecule has 0 aliphatic carbocycles. The Hall–Kier alpha value is -3.68. The number of ether oxygens (including phenoxy) is 1. The molecule has 0 unspecified atom stereocenters. The maximum absolute atomic E-state index is 12.3. The Morgan fingerprint density at radius 1 is 1.22 bits per heavy atom. The van der Waals surface area contributed by atoms with Crippen LogP contribution in [0.1, 0.15) is 24.2 Å². The number of furan rings is 1. The Morgan fingerprint density at radius 3 is 2.67 bits per heavy atom. The van der Waals surface area contributed by atoms with Gasteiger partial charge in [-0.3, -0.25) is 14.9 Å². The predicted octanol–water partition coefficient (Wildman–Crippen LogP) is 3.60. The Morgan fingerprint density at radius 2 is 1.96 bits per heavy atom. The van der Waals surface area contributed by atoms with E-state index in [1.54, 1.807) is 14.0 Å². The van der Waals surface area contributed by atoms with Crippen molar-refractivity contribution in [3.63, 3.8) is 0 Å². The van der Waals surface area contributed by atoms with E-state index in [2.05, 4.69) is 10.5 Å². The summed E-state index contributed by atoms with van der Waals surface area (Å²) in [6.45, 7) is 1.77. The zero-order chi connectivity index (χ0) is 19.4. The molecule has 1 heterocycles. The van der Waals surface area contributed by atoms with Gasteiger partial charge in [0.15, 0.2) is 5.76 Å². The molecular weight excluding hydrogens is 350 g/mol. The number of methoxy groups -OCH3 is 1. The molecule has 0 saturated heterocycles. The number of hydrogen-bond acceptors (Lipinski definition) is 6. The van der Waals surface area contributed by atoms with E-state index >= 15 is 0 Å². The minimum Gasteiger partial charge on any atom is -0.497 e. The number of hydrogen-bond donors (Lipinski definition) is 1. The molecule has 0 aliphatic heterocycles. The number of nitrogens with one attached hydrogen (secondary N) is 1. The minimum atomic E-state index is -0.646. The topological polar surface area (TPSA) is 107 Å². The molecule has 1 N–H and O–H groups in total. The quantitative estimate of drug-likeness (QED) is 0.407. The largest absolute Gasteiger partial charge is 0.497 e. The van der Waals surface area contributed by atoms with Crippen molar-refractivity contribution in [1.29, 1.82) is 0 Å². The van der Waals surface area contributed by atoms with E-state index in [4.69, 9.17) is 9.15 Å². The van der Waals surface area contributed by atoms with Gasteiger partial charge in [-0.2, -0.15) is 5.10 Å². The second-order valence-corrected chi connectivity index (χ2v) is 5.86. The molecule has 1 amide bonds. The minimum absolute atomic E-state index is 0.175. The highest BCUT2D eigenvalue weighted by atomic mass is 16.6. The zero-order valence-electron chi connectivity index (χ0n) is 14.7. The molecule has 8 heteroatoms. The molecule has 3 rings (SSSR count). The molecule has 0 bridgehead atoms. The molecular formula is C19H17N3O5. The fraction of sp³-hybridized carbons (Fsp3) is 0.158. The van der Waals surface area contributed by atoms with Crippen LogP contribution in [0.4, 0.5) is 5.88 Å². The van der Waals surface area contributed by atoms with Gasteiger partial charge in [0.05, 0.1) is 25.3 Å². The third-order valence-corrected chi connectivity index (χ3v) is 4.12. The van der Waals surface area contributed by atoms with Gasteiger partial charge >= 0.3 is 5.88 Å². The van der Waals surface area contributed by atoms with Crippen LogP contribution in [-0.4, -0.2) is 24.2 Å². The molecule has 0 fully saturated rings. The molecule has 1 atom stereocenters. The first-order chi connectivity index (χ1) is 13.0. The van der Waals surface area contributed by atoms with Gasteiger partial charge < -0.3 is 9.15 Å². The summed E-state index contributed by atoms with van der Waals surface area (Å²) in [5.74, 6) is -0.174. The zero-order valence-corrected chi connectivity index (χ0v) is 14.7. The normalized spacial score (nSPS) is 12.2. The van der Waals surface area contributed by atoms with Gasteiger partial charge in [-0.05, 0) is 41.5 Å². The van der Waals surface area contributed by atoms with Crippen LogP contribution in [0.3, 0.4) is 0 Å². The van der Waals surface area contributed by atoms with Crippen LogP contribution in [0.15, 0.2) is 58.0 Å². The van der Waals surface area contributed by atoms with Crippen molar-refractivity contribution in [2.24, 2.45) is 5.10 Å². The van der Waals surface area contributed by atoms with Crippen molar-refractivity contribution in [1.82, 2.24) is 5.43 Å². The molecule has 3 aromatic rings. The molecule has 2 aromatic carbocycles. The predicted molar refractivity (Wildman–Crippen MR) is 100 cm³/mol. The Kier molecular flexibility index (Phi) is 5.16. The number of carbonyl (C=O) groups excluding carboxylic acids is 1. The van der Waals surface area contributed by atoms with Crippen molar-refractivity contribution < 1.29 is 18.9 Å². The highest BCUT2D eigenvalue weighted by molar-refractivity contribution is 5.89. The van der Waals surface area contributed by atoms with Crippen LogP contribution in [0.25, 0.3) is 10.8 Å². The fourth-order valence-corrected chi connectivity index (χ4v) is 2.56. The third kappa shape index (κ3) is 4.12.